The van der Waals surface area contributed by atoms with Gasteiger partial charge in [0.2, 0.25) is 0 Å². The summed E-state index contributed by atoms with van der Waals surface area (Å²) in [5, 5.41) is 8.57. The van der Waals surface area contributed by atoms with Crippen molar-refractivity contribution in [2.45, 2.75) is 116 Å². The van der Waals surface area contributed by atoms with Crippen LogP contribution in [-0.2, 0) is 9.53 Å². The van der Waals surface area contributed by atoms with Gasteiger partial charge in [-0.05, 0) is 46.0 Å². The highest BCUT2D eigenvalue weighted by atomic mass is 16.5. The number of carbonyl (C=O) groups is 1. The Balaban J connectivity index is 3.67. The van der Waals surface area contributed by atoms with Gasteiger partial charge in [0.1, 0.15) is 0 Å². The average Bonchev–Trinajstić information content (AvgIpc) is 2.52. The summed E-state index contributed by atoms with van der Waals surface area (Å²) in [4.78, 5) is 10.4. The van der Waals surface area contributed by atoms with Gasteiger partial charge in [-0.15, -0.1) is 0 Å². The molecular formula is C21H40O3. The second-order valence-electron chi connectivity index (χ2n) is 7.06. The van der Waals surface area contributed by atoms with Crippen LogP contribution < -0.4 is 0 Å². The molecule has 0 aromatic rings. The van der Waals surface area contributed by atoms with E-state index in [1.165, 1.54) is 44.9 Å². The highest BCUT2D eigenvalue weighted by Crippen LogP contribution is 2.14. The van der Waals surface area contributed by atoms with E-state index in [2.05, 4.69) is 32.9 Å². The van der Waals surface area contributed by atoms with Crippen LogP contribution in [0.1, 0.15) is 104 Å². The van der Waals surface area contributed by atoms with Gasteiger partial charge in [0.25, 0.3) is 0 Å². The van der Waals surface area contributed by atoms with Crippen LogP contribution in [0.3, 0.4) is 0 Å². The van der Waals surface area contributed by atoms with Gasteiger partial charge >= 0.3 is 5.97 Å². The molecule has 0 radical (unpaired) electrons. The first kappa shape index (κ1) is 23.2. The summed E-state index contributed by atoms with van der Waals surface area (Å²) >= 11 is 0. The number of allylic oxidation sites excluding steroid dienone is 1. The molecule has 0 aromatic carbocycles. The summed E-state index contributed by atoms with van der Waals surface area (Å²) in [5.41, 5.74) is 0. The Bertz CT molecular complexity index is 310. The van der Waals surface area contributed by atoms with Crippen molar-refractivity contribution in [1.29, 1.82) is 0 Å². The van der Waals surface area contributed by atoms with Crippen molar-refractivity contribution in [2.75, 3.05) is 0 Å². The first-order valence-electron chi connectivity index (χ1n) is 10.1. The maximum Gasteiger partial charge on any atom is 0.303 e. The van der Waals surface area contributed by atoms with Crippen LogP contribution in [0.2, 0.25) is 0 Å². The smallest absolute Gasteiger partial charge is 0.303 e. The van der Waals surface area contributed by atoms with Crippen molar-refractivity contribution in [3.05, 3.63) is 12.2 Å². The van der Waals surface area contributed by atoms with Crippen molar-refractivity contribution >= 4 is 5.97 Å². The number of carboxylic acids is 1. The van der Waals surface area contributed by atoms with Gasteiger partial charge in [0, 0.05) is 6.42 Å². The van der Waals surface area contributed by atoms with Gasteiger partial charge in [0.15, 0.2) is 0 Å². The molecule has 24 heavy (non-hydrogen) atoms. The highest BCUT2D eigenvalue weighted by Gasteiger charge is 2.09. The zero-order valence-electron chi connectivity index (χ0n) is 16.3. The summed E-state index contributed by atoms with van der Waals surface area (Å²) in [6.07, 6.45) is 19.5. The number of carboxylic acid groups (broad SMARTS) is 1. The molecular weight excluding hydrogens is 300 g/mol. The van der Waals surface area contributed by atoms with Gasteiger partial charge in [0.05, 0.1) is 12.2 Å². The molecule has 0 bridgehead atoms. The van der Waals surface area contributed by atoms with Crippen molar-refractivity contribution < 1.29 is 14.6 Å². The topological polar surface area (TPSA) is 46.5 Å². The van der Waals surface area contributed by atoms with E-state index in [9.17, 15) is 4.79 Å². The molecule has 0 aliphatic rings. The first-order chi connectivity index (χ1) is 11.6. The van der Waals surface area contributed by atoms with Crippen LogP contribution in [0.5, 0.6) is 0 Å². The molecule has 0 amide bonds. The Morgan fingerprint density at radius 2 is 1.62 bits per heavy atom. The van der Waals surface area contributed by atoms with E-state index in [1.807, 2.05) is 0 Å². The Morgan fingerprint density at radius 3 is 2.29 bits per heavy atom. The molecule has 3 nitrogen and oxygen atoms in total. The lowest BCUT2D eigenvalue weighted by Crippen LogP contribution is -2.17. The number of aliphatic carboxylic acids is 1. The van der Waals surface area contributed by atoms with Gasteiger partial charge in [-0.1, -0.05) is 64.0 Å². The third-order valence-corrected chi connectivity index (χ3v) is 4.17. The minimum absolute atomic E-state index is 0.306. The van der Waals surface area contributed by atoms with Crippen LogP contribution in [0.15, 0.2) is 12.2 Å². The first-order valence-corrected chi connectivity index (χ1v) is 10.1. The molecule has 0 saturated heterocycles. The summed E-state index contributed by atoms with van der Waals surface area (Å²) in [5.74, 6) is -0.675. The van der Waals surface area contributed by atoms with E-state index in [4.69, 9.17) is 9.84 Å². The molecule has 0 aliphatic heterocycles. The molecule has 1 N–H and O–H groups in total. The number of hydrogen-bond acceptors (Lipinski definition) is 2. The molecule has 0 aliphatic carbocycles. The quantitative estimate of drug-likeness (QED) is 0.242. The molecule has 3 heteroatoms. The van der Waals surface area contributed by atoms with Crippen molar-refractivity contribution in [3.63, 3.8) is 0 Å². The molecule has 0 spiro atoms. The summed E-state index contributed by atoms with van der Waals surface area (Å²) < 4.78 is 6.02. The Morgan fingerprint density at radius 1 is 0.958 bits per heavy atom. The van der Waals surface area contributed by atoms with Crippen LogP contribution in [0.4, 0.5) is 0 Å². The fraction of sp³-hybridized carbons (Fsp3) is 0.857. The maximum absolute atomic E-state index is 10.4. The van der Waals surface area contributed by atoms with E-state index >= 15 is 0 Å². The second kappa shape index (κ2) is 17.0. The Hall–Kier alpha value is -0.830. The lowest BCUT2D eigenvalue weighted by molar-refractivity contribution is -0.137. The molecule has 0 heterocycles. The lowest BCUT2D eigenvalue weighted by Gasteiger charge is -2.19. The number of rotatable bonds is 17. The fourth-order valence-corrected chi connectivity index (χ4v) is 2.86. The molecule has 0 fully saturated rings. The zero-order valence-corrected chi connectivity index (χ0v) is 16.3. The molecule has 142 valence electrons. The minimum atomic E-state index is -0.675. The average molecular weight is 341 g/mol. The van der Waals surface area contributed by atoms with Crippen LogP contribution in [0, 0.1) is 0 Å². The number of ether oxygens (including phenoxy) is 1. The van der Waals surface area contributed by atoms with Gasteiger partial charge in [-0.25, -0.2) is 0 Å². The highest BCUT2D eigenvalue weighted by molar-refractivity contribution is 5.66. The van der Waals surface area contributed by atoms with E-state index in [-0.39, 0.29) is 0 Å². The largest absolute Gasteiger partial charge is 0.481 e. The van der Waals surface area contributed by atoms with Gasteiger partial charge in [-0.3, -0.25) is 4.79 Å². The molecule has 0 saturated carbocycles. The van der Waals surface area contributed by atoms with Crippen molar-refractivity contribution in [3.8, 4) is 0 Å². The maximum atomic E-state index is 10.4. The third-order valence-electron chi connectivity index (χ3n) is 4.17. The zero-order chi connectivity index (χ0) is 18.0. The minimum Gasteiger partial charge on any atom is -0.481 e. The summed E-state index contributed by atoms with van der Waals surface area (Å²) in [6, 6.07) is 0. The Kier molecular flexibility index (Phi) is 16.4. The second-order valence-corrected chi connectivity index (χ2v) is 7.06. The van der Waals surface area contributed by atoms with Gasteiger partial charge in [-0.2, -0.15) is 0 Å². The number of hydrogen-bond donors (Lipinski definition) is 1. The van der Waals surface area contributed by atoms with E-state index in [0.717, 1.165) is 32.1 Å². The Labute approximate surface area is 149 Å². The standard InChI is InChI=1S/C21H40O3/c1-4-5-6-13-16-20(24-19(2)3)17-14-11-9-7-8-10-12-15-18-21(22)23/h11,14,19-20H,4-10,12-13,15-18H2,1-3H3,(H,22,23)/b14-11-/t20-/m1/s1. The van der Waals surface area contributed by atoms with E-state index in [0.29, 0.717) is 18.6 Å². The number of unbranched alkanes of at least 4 members (excludes halogenated alkanes) is 8. The van der Waals surface area contributed by atoms with Crippen LogP contribution in [0.25, 0.3) is 0 Å². The monoisotopic (exact) mass is 340 g/mol. The molecule has 0 unspecified atom stereocenters. The van der Waals surface area contributed by atoms with Crippen LogP contribution in [-0.4, -0.2) is 23.3 Å². The van der Waals surface area contributed by atoms with E-state index in [1.54, 1.807) is 0 Å². The van der Waals surface area contributed by atoms with E-state index < -0.39 is 5.97 Å². The lowest BCUT2D eigenvalue weighted by atomic mass is 10.1. The summed E-state index contributed by atoms with van der Waals surface area (Å²) in [6.45, 7) is 6.48. The third kappa shape index (κ3) is 17.5. The predicted octanol–water partition coefficient (Wildman–Crippen LogP) is 6.51. The van der Waals surface area contributed by atoms with Crippen molar-refractivity contribution in [2.24, 2.45) is 0 Å². The van der Waals surface area contributed by atoms with Gasteiger partial charge < -0.3 is 9.84 Å². The molecule has 1 atom stereocenters. The summed E-state index contributed by atoms with van der Waals surface area (Å²) in [7, 11) is 0. The molecule has 0 rings (SSSR count). The predicted molar refractivity (Wildman–Crippen MR) is 102 cm³/mol. The molecule has 0 aromatic heterocycles. The van der Waals surface area contributed by atoms with Crippen molar-refractivity contribution in [1.82, 2.24) is 0 Å². The fourth-order valence-electron chi connectivity index (χ4n) is 2.86. The van der Waals surface area contributed by atoms with Crippen LogP contribution >= 0.6 is 0 Å². The SMILES string of the molecule is CCCCCC[C@H](C/C=C\CCCCCCCC(=O)O)OC(C)C. The normalized spacial score (nSPS) is 13.0.